The number of esters is 1. The molecule has 0 aromatic carbocycles. The van der Waals surface area contributed by atoms with Gasteiger partial charge in [-0.3, -0.25) is 10.1 Å². The molecule has 0 spiro atoms. The fourth-order valence-electron chi connectivity index (χ4n) is 2.07. The van der Waals surface area contributed by atoms with Crippen molar-refractivity contribution >= 4 is 30.5 Å². The lowest BCUT2D eigenvalue weighted by Gasteiger charge is -2.20. The van der Waals surface area contributed by atoms with Crippen molar-refractivity contribution in [1.82, 2.24) is 4.98 Å². The van der Waals surface area contributed by atoms with Crippen molar-refractivity contribution in [2.75, 3.05) is 17.7 Å². The van der Waals surface area contributed by atoms with Gasteiger partial charge in [0.1, 0.15) is 11.4 Å². The molecular weight excluding hydrogens is 344 g/mol. The molecular formula is C17H26N2O5S. The largest absolute Gasteiger partial charge is 0.466 e. The molecule has 1 heterocycles. The molecule has 140 valence electrons. The van der Waals surface area contributed by atoms with Crippen molar-refractivity contribution < 1.29 is 24.2 Å². The van der Waals surface area contributed by atoms with E-state index in [-0.39, 0.29) is 18.4 Å². The van der Waals surface area contributed by atoms with Crippen molar-refractivity contribution in [2.24, 2.45) is 5.92 Å². The van der Waals surface area contributed by atoms with Gasteiger partial charge in [-0.1, -0.05) is 0 Å². The molecule has 1 aromatic rings. The Morgan fingerprint density at radius 1 is 1.40 bits per heavy atom. The number of aliphatic hydroxyl groups excluding tert-OH is 1. The molecule has 0 aliphatic rings. The molecule has 8 heteroatoms. The molecule has 1 unspecified atom stereocenters. The summed E-state index contributed by atoms with van der Waals surface area (Å²) in [5.74, 6) is -0.162. The Bertz CT molecular complexity index is 601. The number of pyridine rings is 1. The number of aromatic nitrogens is 1. The Morgan fingerprint density at radius 2 is 2.08 bits per heavy atom. The van der Waals surface area contributed by atoms with E-state index in [1.165, 1.54) is 0 Å². The molecule has 1 atom stereocenters. The molecule has 0 saturated heterocycles. The molecule has 0 radical (unpaired) electrons. The van der Waals surface area contributed by atoms with E-state index < -0.39 is 17.6 Å². The van der Waals surface area contributed by atoms with Crippen LogP contribution in [0.25, 0.3) is 0 Å². The summed E-state index contributed by atoms with van der Waals surface area (Å²) in [6.07, 6.45) is 1.28. The van der Waals surface area contributed by atoms with Gasteiger partial charge >= 0.3 is 12.1 Å². The zero-order chi connectivity index (χ0) is 19.0. The van der Waals surface area contributed by atoms with Crippen molar-refractivity contribution in [1.29, 1.82) is 0 Å². The van der Waals surface area contributed by atoms with Gasteiger partial charge in [-0.25, -0.2) is 9.78 Å². The van der Waals surface area contributed by atoms with Gasteiger partial charge in [-0.15, -0.1) is 0 Å². The zero-order valence-electron chi connectivity index (χ0n) is 15.0. The normalized spacial score (nSPS) is 12.4. The molecule has 0 bridgehead atoms. The van der Waals surface area contributed by atoms with E-state index in [1.807, 2.05) is 0 Å². The second kappa shape index (κ2) is 9.62. The van der Waals surface area contributed by atoms with Crippen LogP contribution < -0.4 is 5.32 Å². The van der Waals surface area contributed by atoms with Gasteiger partial charge in [0.15, 0.2) is 0 Å². The lowest BCUT2D eigenvalue weighted by Crippen LogP contribution is -2.28. The number of aliphatic hydroxyl groups is 1. The quantitative estimate of drug-likeness (QED) is 0.504. The minimum absolute atomic E-state index is 0.221. The minimum Gasteiger partial charge on any atom is -0.466 e. The summed E-state index contributed by atoms with van der Waals surface area (Å²) < 4.78 is 10.2. The topological polar surface area (TPSA) is 97.8 Å². The van der Waals surface area contributed by atoms with Crippen LogP contribution in [-0.2, 0) is 27.3 Å². The predicted octanol–water partition coefficient (Wildman–Crippen LogP) is 2.57. The highest BCUT2D eigenvalue weighted by atomic mass is 32.1. The van der Waals surface area contributed by atoms with Gasteiger partial charge in [-0.2, -0.15) is 12.6 Å². The van der Waals surface area contributed by atoms with Crippen LogP contribution in [-0.4, -0.2) is 40.1 Å². The number of carbonyl (C=O) groups excluding carboxylic acids is 2. The highest BCUT2D eigenvalue weighted by Crippen LogP contribution is 2.19. The van der Waals surface area contributed by atoms with Gasteiger partial charge < -0.3 is 14.6 Å². The van der Waals surface area contributed by atoms with Crippen molar-refractivity contribution in [2.45, 2.75) is 46.3 Å². The standard InChI is InChI=1S/C17H26N2O5S/c1-5-23-15(21)13(10-25)7-11-6-12(9-20)14(18-8-11)19-16(22)24-17(2,3)4/h6,8,13,20,25H,5,7,9-10H2,1-4H3,(H,18,19,22). The van der Waals surface area contributed by atoms with Crippen LogP contribution in [0.1, 0.15) is 38.8 Å². The molecule has 25 heavy (non-hydrogen) atoms. The van der Waals surface area contributed by atoms with Crippen LogP contribution in [0.5, 0.6) is 0 Å². The van der Waals surface area contributed by atoms with Crippen molar-refractivity contribution in [3.63, 3.8) is 0 Å². The summed E-state index contributed by atoms with van der Waals surface area (Å²) in [5.41, 5.74) is 0.541. The Morgan fingerprint density at radius 3 is 2.60 bits per heavy atom. The summed E-state index contributed by atoms with van der Waals surface area (Å²) in [7, 11) is 0. The molecule has 0 saturated carbocycles. The zero-order valence-corrected chi connectivity index (χ0v) is 15.9. The maximum absolute atomic E-state index is 11.9. The number of hydrogen-bond donors (Lipinski definition) is 3. The van der Waals surface area contributed by atoms with E-state index in [0.717, 1.165) is 5.56 Å². The lowest BCUT2D eigenvalue weighted by molar-refractivity contribution is -0.147. The van der Waals surface area contributed by atoms with Crippen molar-refractivity contribution in [3.05, 3.63) is 23.4 Å². The van der Waals surface area contributed by atoms with Crippen LogP contribution in [0.2, 0.25) is 0 Å². The van der Waals surface area contributed by atoms with Gasteiger partial charge in [-0.05, 0) is 45.7 Å². The summed E-state index contributed by atoms with van der Waals surface area (Å²) in [4.78, 5) is 27.9. The Kier molecular flexibility index (Phi) is 8.18. The van der Waals surface area contributed by atoms with Crippen LogP contribution in [0.15, 0.2) is 12.3 Å². The fourth-order valence-corrected chi connectivity index (χ4v) is 2.35. The highest BCUT2D eigenvalue weighted by molar-refractivity contribution is 7.80. The average Bonchev–Trinajstić information content (AvgIpc) is 2.52. The molecule has 0 aliphatic heterocycles. The molecule has 7 nitrogen and oxygen atoms in total. The van der Waals surface area contributed by atoms with Crippen LogP contribution in [0, 0.1) is 5.92 Å². The third-order valence-electron chi connectivity index (χ3n) is 3.14. The summed E-state index contributed by atoms with van der Waals surface area (Å²) in [6.45, 7) is 7.00. The van der Waals surface area contributed by atoms with Crippen LogP contribution in [0.4, 0.5) is 10.6 Å². The number of amides is 1. The minimum atomic E-state index is -0.651. The summed E-state index contributed by atoms with van der Waals surface area (Å²) in [6, 6.07) is 1.69. The Labute approximate surface area is 153 Å². The summed E-state index contributed by atoms with van der Waals surface area (Å²) in [5, 5.41) is 12.1. The van der Waals surface area contributed by atoms with E-state index >= 15 is 0 Å². The number of anilines is 1. The molecule has 1 aromatic heterocycles. The molecule has 0 fully saturated rings. The number of rotatable bonds is 7. The Balaban J connectivity index is 2.87. The highest BCUT2D eigenvalue weighted by Gasteiger charge is 2.21. The average molecular weight is 370 g/mol. The number of carbonyl (C=O) groups is 2. The van der Waals surface area contributed by atoms with Gasteiger partial charge in [0.2, 0.25) is 0 Å². The van der Waals surface area contributed by atoms with Crippen LogP contribution >= 0.6 is 12.6 Å². The van der Waals surface area contributed by atoms with Gasteiger partial charge in [0, 0.05) is 17.5 Å². The SMILES string of the molecule is CCOC(=O)C(CS)Cc1cnc(NC(=O)OC(C)(C)C)c(CO)c1. The monoisotopic (exact) mass is 370 g/mol. The van der Waals surface area contributed by atoms with E-state index in [1.54, 1.807) is 40.0 Å². The third kappa shape index (κ3) is 7.31. The first-order valence-electron chi connectivity index (χ1n) is 8.06. The molecule has 0 aliphatic carbocycles. The van der Waals surface area contributed by atoms with Gasteiger partial charge in [0.05, 0.1) is 19.1 Å². The van der Waals surface area contributed by atoms with Crippen molar-refractivity contribution in [3.8, 4) is 0 Å². The van der Waals surface area contributed by atoms with Gasteiger partial charge in [0.25, 0.3) is 0 Å². The number of thiol groups is 1. The number of hydrogen-bond acceptors (Lipinski definition) is 7. The lowest BCUT2D eigenvalue weighted by atomic mass is 10.0. The molecule has 1 rings (SSSR count). The maximum Gasteiger partial charge on any atom is 0.413 e. The Hall–Kier alpha value is -1.80. The third-order valence-corrected chi connectivity index (χ3v) is 3.58. The maximum atomic E-state index is 11.9. The van der Waals surface area contributed by atoms with E-state index in [4.69, 9.17) is 9.47 Å². The second-order valence-corrected chi connectivity index (χ2v) is 6.84. The first-order chi connectivity index (χ1) is 11.7. The predicted molar refractivity (Wildman–Crippen MR) is 97.7 cm³/mol. The smallest absolute Gasteiger partial charge is 0.413 e. The molecule has 2 N–H and O–H groups in total. The van der Waals surface area contributed by atoms with E-state index in [2.05, 4.69) is 22.9 Å². The molecule has 1 amide bonds. The number of ether oxygens (including phenoxy) is 2. The van der Waals surface area contributed by atoms with E-state index in [9.17, 15) is 14.7 Å². The van der Waals surface area contributed by atoms with E-state index in [0.29, 0.717) is 24.3 Å². The summed E-state index contributed by atoms with van der Waals surface area (Å²) >= 11 is 4.19. The number of nitrogens with one attached hydrogen (secondary N) is 1. The fraction of sp³-hybridized carbons (Fsp3) is 0.588. The van der Waals surface area contributed by atoms with Crippen LogP contribution in [0.3, 0.4) is 0 Å². The first kappa shape index (κ1) is 21.2. The first-order valence-corrected chi connectivity index (χ1v) is 8.69. The number of nitrogens with zero attached hydrogens (tertiary/aromatic N) is 1. The second-order valence-electron chi connectivity index (χ2n) is 6.47.